The summed E-state index contributed by atoms with van der Waals surface area (Å²) in [5, 5.41) is 0.890. The maximum Gasteiger partial charge on any atom is 0.169 e. The molecule has 2 aromatic carbocycles. The van der Waals surface area contributed by atoms with E-state index < -0.39 is 0 Å². The number of fused-ring (bicyclic) bond motifs is 1. The fraction of sp³-hybridized carbons (Fsp3) is 0.235. The first-order valence-electron chi connectivity index (χ1n) is 7.10. The predicted molar refractivity (Wildman–Crippen MR) is 87.6 cm³/mol. The molecule has 1 aromatic heterocycles. The summed E-state index contributed by atoms with van der Waals surface area (Å²) >= 11 is 1.55. The fourth-order valence-electron chi connectivity index (χ4n) is 2.32. The first kappa shape index (κ1) is 15.1. The molecule has 0 unspecified atom stereocenters. The lowest BCUT2D eigenvalue weighted by Crippen LogP contribution is -2.05. The summed E-state index contributed by atoms with van der Waals surface area (Å²) < 4.78 is 21.1. The molecule has 0 aliphatic rings. The molecule has 0 amide bonds. The maximum absolute atomic E-state index is 13.7. The van der Waals surface area contributed by atoms with Crippen LogP contribution in [0.1, 0.15) is 5.56 Å². The Morgan fingerprint density at radius 3 is 2.73 bits per heavy atom. The molecule has 0 saturated heterocycles. The van der Waals surface area contributed by atoms with E-state index >= 15 is 0 Å². The van der Waals surface area contributed by atoms with Gasteiger partial charge in [0.1, 0.15) is 5.82 Å². The van der Waals surface area contributed by atoms with Crippen molar-refractivity contribution >= 4 is 22.8 Å². The number of ether oxygens (including phenoxy) is 1. The topological polar surface area (TPSA) is 27.1 Å². The van der Waals surface area contributed by atoms with Gasteiger partial charge in [0.15, 0.2) is 5.16 Å². The van der Waals surface area contributed by atoms with Crippen molar-refractivity contribution in [2.75, 3.05) is 13.7 Å². The lowest BCUT2D eigenvalue weighted by Gasteiger charge is -2.08. The van der Waals surface area contributed by atoms with Crippen molar-refractivity contribution in [1.29, 1.82) is 0 Å². The highest BCUT2D eigenvalue weighted by atomic mass is 32.2. The van der Waals surface area contributed by atoms with Crippen LogP contribution in [0.4, 0.5) is 4.39 Å². The highest BCUT2D eigenvalue weighted by Crippen LogP contribution is 2.27. The zero-order valence-electron chi connectivity index (χ0n) is 12.3. The highest BCUT2D eigenvalue weighted by molar-refractivity contribution is 7.98. The van der Waals surface area contributed by atoms with Crippen molar-refractivity contribution in [3.8, 4) is 0 Å². The second-order valence-corrected chi connectivity index (χ2v) is 5.85. The normalized spacial score (nSPS) is 11.2. The fourth-order valence-corrected chi connectivity index (χ4v) is 3.35. The summed E-state index contributed by atoms with van der Waals surface area (Å²) in [5.41, 5.74) is 2.73. The van der Waals surface area contributed by atoms with Crippen LogP contribution in [-0.4, -0.2) is 23.3 Å². The van der Waals surface area contributed by atoms with Gasteiger partial charge in [0.25, 0.3) is 0 Å². The molecule has 0 fully saturated rings. The molecular formula is C17H17FN2OS. The molecule has 5 heteroatoms. The van der Waals surface area contributed by atoms with E-state index in [1.54, 1.807) is 24.9 Å². The zero-order chi connectivity index (χ0) is 15.4. The van der Waals surface area contributed by atoms with Crippen molar-refractivity contribution < 1.29 is 9.13 Å². The van der Waals surface area contributed by atoms with Gasteiger partial charge in [-0.05, 0) is 23.8 Å². The number of hydrogen-bond acceptors (Lipinski definition) is 3. The van der Waals surface area contributed by atoms with Crippen LogP contribution in [0.3, 0.4) is 0 Å². The van der Waals surface area contributed by atoms with Crippen LogP contribution in [0.25, 0.3) is 11.0 Å². The standard InChI is InChI=1S/C17H17FN2OS/c1-21-11-10-20-16-9-5-4-8-15(16)19-17(20)22-12-13-6-2-3-7-14(13)18/h2-9H,10-12H2,1H3. The molecular weight excluding hydrogens is 299 g/mol. The highest BCUT2D eigenvalue weighted by Gasteiger charge is 2.11. The van der Waals surface area contributed by atoms with Crippen LogP contribution >= 0.6 is 11.8 Å². The van der Waals surface area contributed by atoms with E-state index in [1.165, 1.54) is 6.07 Å². The van der Waals surface area contributed by atoms with E-state index in [2.05, 4.69) is 9.55 Å². The van der Waals surface area contributed by atoms with Gasteiger partial charge in [0.05, 0.1) is 17.6 Å². The van der Waals surface area contributed by atoms with Crippen molar-refractivity contribution in [3.63, 3.8) is 0 Å². The molecule has 114 valence electrons. The van der Waals surface area contributed by atoms with Gasteiger partial charge in [-0.15, -0.1) is 0 Å². The van der Waals surface area contributed by atoms with Crippen molar-refractivity contribution in [2.45, 2.75) is 17.5 Å². The molecule has 22 heavy (non-hydrogen) atoms. The van der Waals surface area contributed by atoms with Crippen LogP contribution in [-0.2, 0) is 17.0 Å². The van der Waals surface area contributed by atoms with Crippen LogP contribution in [0.2, 0.25) is 0 Å². The van der Waals surface area contributed by atoms with Gasteiger partial charge in [-0.1, -0.05) is 42.1 Å². The second-order valence-electron chi connectivity index (χ2n) is 4.91. The number of nitrogens with zero attached hydrogens (tertiary/aromatic N) is 2. The zero-order valence-corrected chi connectivity index (χ0v) is 13.1. The smallest absolute Gasteiger partial charge is 0.169 e. The number of hydrogen-bond donors (Lipinski definition) is 0. The maximum atomic E-state index is 13.7. The number of halogens is 1. The van der Waals surface area contributed by atoms with Gasteiger partial charge >= 0.3 is 0 Å². The minimum atomic E-state index is -0.172. The number of para-hydroxylation sites is 2. The van der Waals surface area contributed by atoms with E-state index in [0.29, 0.717) is 17.9 Å². The number of thioether (sulfide) groups is 1. The summed E-state index contributed by atoms with van der Waals surface area (Å²) in [6.45, 7) is 1.35. The first-order valence-corrected chi connectivity index (χ1v) is 8.08. The molecule has 1 heterocycles. The predicted octanol–water partition coefficient (Wildman–Crippen LogP) is 4.11. The Morgan fingerprint density at radius 1 is 1.14 bits per heavy atom. The molecule has 0 spiro atoms. The quantitative estimate of drug-likeness (QED) is 0.640. The Hall–Kier alpha value is -1.85. The lowest BCUT2D eigenvalue weighted by atomic mass is 10.2. The van der Waals surface area contributed by atoms with Crippen molar-refractivity contribution in [3.05, 3.63) is 59.9 Å². The SMILES string of the molecule is COCCn1c(SCc2ccccc2F)nc2ccccc21. The van der Waals surface area contributed by atoms with E-state index in [4.69, 9.17) is 4.74 Å². The van der Waals surface area contributed by atoms with Crippen molar-refractivity contribution in [1.82, 2.24) is 9.55 Å². The number of methoxy groups -OCH3 is 1. The molecule has 0 radical (unpaired) electrons. The molecule has 0 aliphatic heterocycles. The Labute approximate surface area is 133 Å². The third-order valence-electron chi connectivity index (χ3n) is 3.45. The van der Waals surface area contributed by atoms with E-state index in [1.807, 2.05) is 36.4 Å². The number of benzene rings is 2. The molecule has 0 atom stereocenters. The Morgan fingerprint density at radius 2 is 1.91 bits per heavy atom. The third-order valence-corrected chi connectivity index (χ3v) is 4.48. The van der Waals surface area contributed by atoms with Crippen LogP contribution in [0, 0.1) is 5.82 Å². The number of aromatic nitrogens is 2. The van der Waals surface area contributed by atoms with Gasteiger partial charge in [0.2, 0.25) is 0 Å². The van der Waals surface area contributed by atoms with Gasteiger partial charge in [-0.25, -0.2) is 9.37 Å². The van der Waals surface area contributed by atoms with E-state index in [-0.39, 0.29) is 5.82 Å². The van der Waals surface area contributed by atoms with Crippen LogP contribution in [0.15, 0.2) is 53.7 Å². The van der Waals surface area contributed by atoms with Crippen molar-refractivity contribution in [2.24, 2.45) is 0 Å². The minimum Gasteiger partial charge on any atom is -0.383 e. The summed E-state index contributed by atoms with van der Waals surface area (Å²) in [5.74, 6) is 0.387. The van der Waals surface area contributed by atoms with E-state index in [9.17, 15) is 4.39 Å². The molecule has 0 bridgehead atoms. The van der Waals surface area contributed by atoms with Crippen LogP contribution < -0.4 is 0 Å². The minimum absolute atomic E-state index is 0.172. The summed E-state index contributed by atoms with van der Waals surface area (Å²) in [7, 11) is 1.69. The summed E-state index contributed by atoms with van der Waals surface area (Å²) in [6, 6.07) is 14.9. The molecule has 3 aromatic rings. The Balaban J connectivity index is 1.87. The Kier molecular flexibility index (Phi) is 4.75. The van der Waals surface area contributed by atoms with Crippen LogP contribution in [0.5, 0.6) is 0 Å². The third kappa shape index (κ3) is 3.15. The van der Waals surface area contributed by atoms with E-state index in [0.717, 1.165) is 22.7 Å². The largest absolute Gasteiger partial charge is 0.383 e. The van der Waals surface area contributed by atoms with Gasteiger partial charge in [0, 0.05) is 19.4 Å². The summed E-state index contributed by atoms with van der Waals surface area (Å²) in [6.07, 6.45) is 0. The molecule has 0 saturated carbocycles. The van der Waals surface area contributed by atoms with Gasteiger partial charge in [-0.3, -0.25) is 0 Å². The van der Waals surface area contributed by atoms with Gasteiger partial charge < -0.3 is 9.30 Å². The second kappa shape index (κ2) is 6.94. The molecule has 3 nitrogen and oxygen atoms in total. The lowest BCUT2D eigenvalue weighted by molar-refractivity contribution is 0.186. The van der Waals surface area contributed by atoms with Gasteiger partial charge in [-0.2, -0.15) is 0 Å². The average Bonchev–Trinajstić information content (AvgIpc) is 2.90. The number of rotatable bonds is 6. The monoisotopic (exact) mass is 316 g/mol. The Bertz CT molecular complexity index is 772. The molecule has 3 rings (SSSR count). The summed E-state index contributed by atoms with van der Waals surface area (Å²) in [4.78, 5) is 4.66. The molecule has 0 aliphatic carbocycles. The molecule has 0 N–H and O–H groups in total. The first-order chi connectivity index (χ1) is 10.8. The average molecular weight is 316 g/mol. The number of imidazole rings is 1.